The van der Waals surface area contributed by atoms with Crippen molar-refractivity contribution in [2.45, 2.75) is 19.3 Å². The first-order valence-corrected chi connectivity index (χ1v) is 8.70. The Kier molecular flexibility index (Phi) is 5.03. The summed E-state index contributed by atoms with van der Waals surface area (Å²) >= 11 is 1.87. The number of hydrogen-bond acceptors (Lipinski definition) is 3. The first kappa shape index (κ1) is 16.1. The Hall–Kier alpha value is -1.78. The van der Waals surface area contributed by atoms with E-state index < -0.39 is 0 Å². The molecule has 0 saturated carbocycles. The van der Waals surface area contributed by atoms with E-state index in [1.54, 1.807) is 6.07 Å². The van der Waals surface area contributed by atoms with Crippen LogP contribution in [0.5, 0.6) is 0 Å². The molecule has 0 saturated heterocycles. The van der Waals surface area contributed by atoms with E-state index in [1.165, 1.54) is 26.7 Å². The number of thiophene rings is 1. The lowest BCUT2D eigenvalue weighted by molar-refractivity contribution is 0.414. The molecule has 0 aliphatic heterocycles. The topological polar surface area (TPSA) is 16.1 Å². The smallest absolute Gasteiger partial charge is 0.216 e. The summed E-state index contributed by atoms with van der Waals surface area (Å²) in [4.78, 5) is 7.38. The molecule has 0 atom stereocenters. The number of rotatable bonds is 6. The van der Waals surface area contributed by atoms with Crippen molar-refractivity contribution in [1.82, 2.24) is 9.88 Å². The van der Waals surface area contributed by atoms with E-state index in [1.807, 2.05) is 17.4 Å². The maximum atomic E-state index is 13.8. The lowest BCUT2D eigenvalue weighted by Gasteiger charge is -2.10. The van der Waals surface area contributed by atoms with Gasteiger partial charge in [-0.05, 0) is 56.4 Å². The van der Waals surface area contributed by atoms with Crippen molar-refractivity contribution >= 4 is 21.4 Å². The molecule has 0 N–H and O–H groups in total. The zero-order chi connectivity index (χ0) is 16.2. The predicted octanol–water partition coefficient (Wildman–Crippen LogP) is 4.32. The molecule has 3 rings (SSSR count). The van der Waals surface area contributed by atoms with Crippen LogP contribution in [0.1, 0.15) is 16.0 Å². The van der Waals surface area contributed by atoms with Gasteiger partial charge in [-0.2, -0.15) is 4.39 Å². The summed E-state index contributed by atoms with van der Waals surface area (Å²) < 4.78 is 15.1. The van der Waals surface area contributed by atoms with Gasteiger partial charge in [0.25, 0.3) is 0 Å². The van der Waals surface area contributed by atoms with Gasteiger partial charge in [0.05, 0.1) is 0 Å². The van der Waals surface area contributed by atoms with Crippen LogP contribution in [0.25, 0.3) is 10.1 Å². The summed E-state index contributed by atoms with van der Waals surface area (Å²) in [5.41, 5.74) is 2.07. The summed E-state index contributed by atoms with van der Waals surface area (Å²) in [6, 6.07) is 12.2. The fourth-order valence-corrected chi connectivity index (χ4v) is 4.06. The van der Waals surface area contributed by atoms with Gasteiger partial charge in [0.2, 0.25) is 5.95 Å². The zero-order valence-electron chi connectivity index (χ0n) is 13.6. The van der Waals surface area contributed by atoms with Crippen molar-refractivity contribution in [1.29, 1.82) is 0 Å². The molecule has 0 unspecified atom stereocenters. The number of aromatic nitrogens is 1. The van der Waals surface area contributed by atoms with Gasteiger partial charge in [0.15, 0.2) is 0 Å². The number of aryl methyl sites for hydroxylation is 2. The molecule has 3 aromatic rings. The molecule has 120 valence electrons. The summed E-state index contributed by atoms with van der Waals surface area (Å²) in [6.45, 7) is 1.03. The molecular weight excluding hydrogens is 307 g/mol. The van der Waals surface area contributed by atoms with Crippen LogP contribution in [-0.2, 0) is 19.3 Å². The van der Waals surface area contributed by atoms with Gasteiger partial charge in [-0.15, -0.1) is 11.3 Å². The molecule has 0 amide bonds. The third-order valence-electron chi connectivity index (χ3n) is 4.05. The van der Waals surface area contributed by atoms with Crippen LogP contribution in [0.3, 0.4) is 0 Å². The molecule has 0 aliphatic carbocycles. The molecule has 2 heterocycles. The van der Waals surface area contributed by atoms with Crippen LogP contribution in [0.15, 0.2) is 42.6 Å². The first-order chi connectivity index (χ1) is 11.1. The number of fused-ring (bicyclic) bond motifs is 1. The number of hydrogen-bond donors (Lipinski definition) is 0. The van der Waals surface area contributed by atoms with Gasteiger partial charge in [0.1, 0.15) is 0 Å². The molecule has 0 fully saturated rings. The van der Waals surface area contributed by atoms with E-state index in [9.17, 15) is 4.39 Å². The minimum Gasteiger partial charge on any atom is -0.309 e. The van der Waals surface area contributed by atoms with E-state index >= 15 is 0 Å². The number of halogens is 1. The molecule has 1 aromatic carbocycles. The minimum absolute atomic E-state index is 0.345. The van der Waals surface area contributed by atoms with E-state index in [0.717, 1.165) is 19.4 Å². The summed E-state index contributed by atoms with van der Waals surface area (Å²) in [5.74, 6) is -0.345. The van der Waals surface area contributed by atoms with Crippen LogP contribution in [0.2, 0.25) is 0 Å². The van der Waals surface area contributed by atoms with Crippen molar-refractivity contribution in [3.63, 3.8) is 0 Å². The Labute approximate surface area is 140 Å². The lowest BCUT2D eigenvalue weighted by Crippen LogP contribution is -2.15. The minimum atomic E-state index is -0.345. The predicted molar refractivity (Wildman–Crippen MR) is 95.7 cm³/mol. The molecule has 4 heteroatoms. The van der Waals surface area contributed by atoms with E-state index in [4.69, 9.17) is 0 Å². The first-order valence-electron chi connectivity index (χ1n) is 7.88. The number of nitrogens with zero attached hydrogens (tertiary/aromatic N) is 2. The molecular formula is C19H21FN2S. The number of pyridine rings is 1. The van der Waals surface area contributed by atoms with Crippen molar-refractivity contribution in [3.05, 3.63) is 64.5 Å². The van der Waals surface area contributed by atoms with Crippen molar-refractivity contribution in [2.75, 3.05) is 20.6 Å². The Balaban J connectivity index is 1.88. The van der Waals surface area contributed by atoms with Crippen LogP contribution < -0.4 is 0 Å². The zero-order valence-corrected chi connectivity index (χ0v) is 14.4. The number of likely N-dealkylation sites (N-methyl/N-ethyl adjacent to an activating group) is 1. The van der Waals surface area contributed by atoms with Gasteiger partial charge in [-0.1, -0.05) is 24.3 Å². The van der Waals surface area contributed by atoms with E-state index in [-0.39, 0.29) is 5.95 Å². The van der Waals surface area contributed by atoms with Crippen molar-refractivity contribution < 1.29 is 4.39 Å². The molecule has 0 aliphatic rings. The normalized spacial score (nSPS) is 11.5. The molecule has 0 radical (unpaired) electrons. The van der Waals surface area contributed by atoms with E-state index in [0.29, 0.717) is 12.0 Å². The third kappa shape index (κ3) is 3.77. The fourth-order valence-electron chi connectivity index (χ4n) is 2.82. The maximum Gasteiger partial charge on any atom is 0.216 e. The highest BCUT2D eigenvalue weighted by Gasteiger charge is 2.13. The molecule has 0 spiro atoms. The van der Waals surface area contributed by atoms with Crippen LogP contribution in [0, 0.1) is 5.95 Å². The van der Waals surface area contributed by atoms with Gasteiger partial charge in [0, 0.05) is 27.9 Å². The monoisotopic (exact) mass is 328 g/mol. The van der Waals surface area contributed by atoms with Crippen LogP contribution in [0.4, 0.5) is 4.39 Å². The fraction of sp³-hybridized carbons (Fsp3) is 0.316. The van der Waals surface area contributed by atoms with Crippen LogP contribution >= 0.6 is 11.3 Å². The molecule has 23 heavy (non-hydrogen) atoms. The maximum absolute atomic E-state index is 13.8. The van der Waals surface area contributed by atoms with Gasteiger partial charge < -0.3 is 4.90 Å². The Morgan fingerprint density at radius 3 is 2.65 bits per heavy atom. The Morgan fingerprint density at radius 2 is 1.87 bits per heavy atom. The van der Waals surface area contributed by atoms with Crippen molar-refractivity contribution in [2.24, 2.45) is 0 Å². The van der Waals surface area contributed by atoms with Gasteiger partial charge in [-0.3, -0.25) is 0 Å². The molecule has 2 aromatic heterocycles. The summed E-state index contributed by atoms with van der Waals surface area (Å²) in [6.07, 6.45) is 4.09. The highest BCUT2D eigenvalue weighted by Crippen LogP contribution is 2.32. The average Bonchev–Trinajstić information content (AvgIpc) is 2.90. The summed E-state index contributed by atoms with van der Waals surface area (Å²) in [5, 5.41) is 1.32. The second-order valence-electron chi connectivity index (χ2n) is 6.01. The highest BCUT2D eigenvalue weighted by molar-refractivity contribution is 7.19. The molecule has 0 bridgehead atoms. The largest absolute Gasteiger partial charge is 0.309 e. The van der Waals surface area contributed by atoms with Crippen LogP contribution in [-0.4, -0.2) is 30.5 Å². The lowest BCUT2D eigenvalue weighted by atomic mass is 10.0. The second-order valence-corrected chi connectivity index (χ2v) is 7.14. The Morgan fingerprint density at radius 1 is 1.04 bits per heavy atom. The molecule has 2 nitrogen and oxygen atoms in total. The van der Waals surface area contributed by atoms with Crippen molar-refractivity contribution in [3.8, 4) is 0 Å². The highest BCUT2D eigenvalue weighted by atomic mass is 32.1. The summed E-state index contributed by atoms with van der Waals surface area (Å²) in [7, 11) is 4.19. The van der Waals surface area contributed by atoms with Gasteiger partial charge >= 0.3 is 0 Å². The Bertz CT molecular complexity index is 795. The SMILES string of the molecule is CN(C)CCc1sc2ccccc2c1CCc1cccnc1F. The van der Waals surface area contributed by atoms with E-state index in [2.05, 4.69) is 48.2 Å². The number of benzene rings is 1. The average molecular weight is 328 g/mol. The quantitative estimate of drug-likeness (QED) is 0.626. The second kappa shape index (κ2) is 7.20. The standard InChI is InChI=1S/C19H21FN2S/c1-22(2)13-11-18-16(15-7-3-4-8-17(15)23-18)10-9-14-6-5-12-21-19(14)20/h3-8,12H,9-11,13H2,1-2H3. The third-order valence-corrected chi connectivity index (χ3v) is 5.32. The van der Waals surface area contributed by atoms with Gasteiger partial charge in [-0.25, -0.2) is 4.98 Å².